The molecule has 1 aromatic heterocycles. The van der Waals surface area contributed by atoms with Crippen molar-refractivity contribution in [2.24, 2.45) is 0 Å². The van der Waals surface area contributed by atoms with Crippen molar-refractivity contribution < 1.29 is 8.42 Å². The predicted octanol–water partition coefficient (Wildman–Crippen LogP) is 3.99. The van der Waals surface area contributed by atoms with Crippen molar-refractivity contribution in [3.63, 3.8) is 0 Å². The number of hydrogen-bond acceptors (Lipinski definition) is 4. The molecule has 4 nitrogen and oxygen atoms in total. The van der Waals surface area contributed by atoms with E-state index in [1.54, 1.807) is 24.3 Å². The van der Waals surface area contributed by atoms with E-state index in [0.717, 1.165) is 10.4 Å². The normalized spacial score (nSPS) is 11.6. The minimum Gasteiger partial charge on any atom is -0.315 e. The van der Waals surface area contributed by atoms with Crippen LogP contribution in [-0.2, 0) is 16.6 Å². The third kappa shape index (κ3) is 3.98. The van der Waals surface area contributed by atoms with Crippen molar-refractivity contribution in [2.45, 2.75) is 17.7 Å². The number of benzene rings is 1. The Bertz CT molecular complexity index is 760. The van der Waals surface area contributed by atoms with Gasteiger partial charge in [0.1, 0.15) is 4.21 Å². The van der Waals surface area contributed by atoms with Gasteiger partial charge in [0, 0.05) is 20.9 Å². The zero-order chi connectivity index (χ0) is 15.6. The first-order valence-corrected chi connectivity index (χ1v) is 9.52. The van der Waals surface area contributed by atoms with Gasteiger partial charge in [0.15, 0.2) is 0 Å². The minimum atomic E-state index is -3.62. The molecule has 114 valence electrons. The van der Waals surface area contributed by atoms with Gasteiger partial charge < -0.3 is 5.32 Å². The second-order valence-electron chi connectivity index (χ2n) is 4.43. The van der Waals surface area contributed by atoms with Crippen LogP contribution in [0.1, 0.15) is 10.4 Å². The maximum absolute atomic E-state index is 12.4. The standard InChI is InChI=1S/C13H14BrClN2O2S2/c1-8-5-13(20-12(8)7-16-2)21(18,19)17-11-6-9(15)3-4-10(11)14/h3-6,16-17H,7H2,1-2H3. The maximum Gasteiger partial charge on any atom is 0.271 e. The van der Waals surface area contributed by atoms with Gasteiger partial charge in [-0.15, -0.1) is 11.3 Å². The van der Waals surface area contributed by atoms with Gasteiger partial charge in [-0.25, -0.2) is 8.42 Å². The van der Waals surface area contributed by atoms with Gasteiger partial charge in [0.2, 0.25) is 0 Å². The van der Waals surface area contributed by atoms with E-state index < -0.39 is 10.0 Å². The van der Waals surface area contributed by atoms with Crippen LogP contribution in [0.3, 0.4) is 0 Å². The highest BCUT2D eigenvalue weighted by Crippen LogP contribution is 2.31. The predicted molar refractivity (Wildman–Crippen MR) is 91.8 cm³/mol. The lowest BCUT2D eigenvalue weighted by Crippen LogP contribution is -2.11. The van der Waals surface area contributed by atoms with Crippen molar-refractivity contribution in [3.05, 3.63) is 44.2 Å². The average Bonchev–Trinajstić information content (AvgIpc) is 2.77. The molecule has 0 radical (unpaired) electrons. The van der Waals surface area contributed by atoms with E-state index in [0.29, 0.717) is 21.7 Å². The number of halogens is 2. The van der Waals surface area contributed by atoms with Crippen molar-refractivity contribution in [3.8, 4) is 0 Å². The van der Waals surface area contributed by atoms with Crippen LogP contribution >= 0.6 is 38.9 Å². The second-order valence-corrected chi connectivity index (χ2v) is 8.77. The second kappa shape index (κ2) is 6.66. The fourth-order valence-electron chi connectivity index (χ4n) is 1.73. The molecule has 0 spiro atoms. The van der Waals surface area contributed by atoms with E-state index in [9.17, 15) is 8.42 Å². The molecular weight excluding hydrogens is 396 g/mol. The molecule has 0 aliphatic carbocycles. The zero-order valence-corrected chi connectivity index (χ0v) is 15.4. The maximum atomic E-state index is 12.4. The van der Waals surface area contributed by atoms with Crippen LogP contribution in [-0.4, -0.2) is 15.5 Å². The minimum absolute atomic E-state index is 0.289. The number of rotatable bonds is 5. The number of nitrogens with one attached hydrogen (secondary N) is 2. The molecule has 0 saturated carbocycles. The van der Waals surface area contributed by atoms with Crippen molar-refractivity contribution in [1.82, 2.24) is 5.32 Å². The average molecular weight is 410 g/mol. The zero-order valence-electron chi connectivity index (χ0n) is 11.4. The molecule has 2 N–H and O–H groups in total. The Morgan fingerprint density at radius 2 is 2.05 bits per heavy atom. The van der Waals surface area contributed by atoms with Crippen LogP contribution in [0.25, 0.3) is 0 Å². The number of hydrogen-bond donors (Lipinski definition) is 2. The topological polar surface area (TPSA) is 58.2 Å². The van der Waals surface area contributed by atoms with Crippen LogP contribution < -0.4 is 10.0 Å². The Labute approximate surface area is 141 Å². The first-order valence-electron chi connectivity index (χ1n) is 6.05. The Morgan fingerprint density at radius 3 is 2.71 bits per heavy atom. The highest BCUT2D eigenvalue weighted by atomic mass is 79.9. The lowest BCUT2D eigenvalue weighted by Gasteiger charge is -2.08. The van der Waals surface area contributed by atoms with Crippen molar-refractivity contribution in [1.29, 1.82) is 0 Å². The Kier molecular flexibility index (Phi) is 5.32. The molecule has 2 rings (SSSR count). The summed E-state index contributed by atoms with van der Waals surface area (Å²) in [5.74, 6) is 0. The van der Waals surface area contributed by atoms with E-state index in [1.165, 1.54) is 11.3 Å². The highest BCUT2D eigenvalue weighted by molar-refractivity contribution is 9.10. The molecule has 0 saturated heterocycles. The lowest BCUT2D eigenvalue weighted by atomic mass is 10.3. The quantitative estimate of drug-likeness (QED) is 0.785. The van der Waals surface area contributed by atoms with Gasteiger partial charge in [0.05, 0.1) is 5.69 Å². The smallest absolute Gasteiger partial charge is 0.271 e. The van der Waals surface area contributed by atoms with Gasteiger partial charge in [-0.1, -0.05) is 11.6 Å². The first kappa shape index (κ1) is 16.8. The molecule has 0 fully saturated rings. The molecule has 0 amide bonds. The Hall–Kier alpha value is -0.600. The van der Waals surface area contributed by atoms with E-state index in [1.807, 2.05) is 14.0 Å². The number of aryl methyl sites for hydroxylation is 1. The van der Waals surface area contributed by atoms with Gasteiger partial charge in [0.25, 0.3) is 10.0 Å². The summed E-state index contributed by atoms with van der Waals surface area (Å²) in [5, 5.41) is 3.49. The summed E-state index contributed by atoms with van der Waals surface area (Å²) in [5.41, 5.74) is 1.38. The molecule has 8 heteroatoms. The molecular formula is C13H14BrClN2O2S2. The number of anilines is 1. The largest absolute Gasteiger partial charge is 0.315 e. The summed E-state index contributed by atoms with van der Waals surface area (Å²) in [6.07, 6.45) is 0. The summed E-state index contributed by atoms with van der Waals surface area (Å²) in [6.45, 7) is 2.55. The van der Waals surface area contributed by atoms with E-state index in [4.69, 9.17) is 11.6 Å². The van der Waals surface area contributed by atoms with Crippen LogP contribution in [0, 0.1) is 6.92 Å². The van der Waals surface area contributed by atoms with Gasteiger partial charge in [-0.2, -0.15) is 0 Å². The molecule has 0 atom stereocenters. The molecule has 0 unspecified atom stereocenters. The number of thiophene rings is 1. The van der Waals surface area contributed by atoms with Crippen LogP contribution in [0.2, 0.25) is 5.02 Å². The molecule has 0 aliphatic rings. The molecule has 2 aromatic rings. The fraction of sp³-hybridized carbons (Fsp3) is 0.231. The van der Waals surface area contributed by atoms with Crippen molar-refractivity contribution >= 4 is 54.6 Å². The van der Waals surface area contributed by atoms with Crippen LogP contribution in [0.4, 0.5) is 5.69 Å². The molecule has 1 heterocycles. The van der Waals surface area contributed by atoms with E-state index in [-0.39, 0.29) is 4.21 Å². The van der Waals surface area contributed by atoms with E-state index >= 15 is 0 Å². The Balaban J connectivity index is 2.34. The summed E-state index contributed by atoms with van der Waals surface area (Å²) in [4.78, 5) is 1.00. The summed E-state index contributed by atoms with van der Waals surface area (Å²) < 4.78 is 28.4. The van der Waals surface area contributed by atoms with Crippen LogP contribution in [0.15, 0.2) is 32.9 Å². The lowest BCUT2D eigenvalue weighted by molar-refractivity contribution is 0.603. The third-order valence-corrected chi connectivity index (χ3v) is 6.78. The molecule has 1 aromatic carbocycles. The number of sulfonamides is 1. The Morgan fingerprint density at radius 1 is 1.33 bits per heavy atom. The SMILES string of the molecule is CNCc1sc(S(=O)(=O)Nc2cc(Cl)ccc2Br)cc1C. The molecule has 0 aliphatic heterocycles. The third-order valence-electron chi connectivity index (χ3n) is 2.77. The summed E-state index contributed by atoms with van der Waals surface area (Å²) in [7, 11) is -1.79. The van der Waals surface area contributed by atoms with E-state index in [2.05, 4.69) is 26.0 Å². The van der Waals surface area contributed by atoms with Gasteiger partial charge in [-0.05, 0) is 59.7 Å². The molecule has 0 bridgehead atoms. The summed E-state index contributed by atoms with van der Waals surface area (Å²) >= 11 is 10.5. The van der Waals surface area contributed by atoms with Gasteiger partial charge in [-0.3, -0.25) is 4.72 Å². The van der Waals surface area contributed by atoms with Crippen LogP contribution in [0.5, 0.6) is 0 Å². The monoisotopic (exact) mass is 408 g/mol. The fourth-order valence-corrected chi connectivity index (χ4v) is 5.05. The molecule has 21 heavy (non-hydrogen) atoms. The van der Waals surface area contributed by atoms with Crippen molar-refractivity contribution in [2.75, 3.05) is 11.8 Å². The van der Waals surface area contributed by atoms with Gasteiger partial charge >= 0.3 is 0 Å². The highest BCUT2D eigenvalue weighted by Gasteiger charge is 2.20. The first-order chi connectivity index (χ1) is 9.83. The summed E-state index contributed by atoms with van der Waals surface area (Å²) in [6, 6.07) is 6.63.